The predicted octanol–water partition coefficient (Wildman–Crippen LogP) is 4.29. The molecule has 0 aliphatic carbocycles. The Labute approximate surface area is 151 Å². The zero-order valence-electron chi connectivity index (χ0n) is 14.4. The van der Waals surface area contributed by atoms with E-state index in [1.807, 2.05) is 25.7 Å². The molecular weight excluding hydrogens is 376 g/mol. The fourth-order valence-electron chi connectivity index (χ4n) is 2.95. The van der Waals surface area contributed by atoms with Gasteiger partial charge in [-0.15, -0.1) is 11.3 Å². The molecule has 1 aromatic rings. The van der Waals surface area contributed by atoms with Gasteiger partial charge in [-0.1, -0.05) is 6.92 Å². The summed E-state index contributed by atoms with van der Waals surface area (Å²) in [6, 6.07) is 2.59. The van der Waals surface area contributed by atoms with Gasteiger partial charge in [-0.25, -0.2) is 4.79 Å². The molecule has 0 bridgehead atoms. The number of carbonyl (C=O) groups excluding carboxylic acids is 1. The molecule has 2 heterocycles. The number of rotatable bonds is 5. The van der Waals surface area contributed by atoms with Gasteiger partial charge in [-0.3, -0.25) is 0 Å². The zero-order chi connectivity index (χ0) is 17.0. The summed E-state index contributed by atoms with van der Waals surface area (Å²) < 4.78 is 6.64. The first kappa shape index (κ1) is 18.7. The molecule has 1 saturated heterocycles. The fourth-order valence-corrected chi connectivity index (χ4v) is 4.46. The smallest absolute Gasteiger partial charge is 0.410 e. The first-order valence-electron chi connectivity index (χ1n) is 8.22. The maximum atomic E-state index is 12.2. The van der Waals surface area contributed by atoms with Gasteiger partial charge < -0.3 is 15.0 Å². The maximum Gasteiger partial charge on any atom is 0.410 e. The lowest BCUT2D eigenvalue weighted by molar-refractivity contribution is 0.0285. The van der Waals surface area contributed by atoms with Crippen LogP contribution in [0.5, 0.6) is 0 Å². The minimum Gasteiger partial charge on any atom is -0.444 e. The molecule has 1 N–H and O–H groups in total. The lowest BCUT2D eigenvalue weighted by atomic mass is 9.95. The minimum atomic E-state index is -0.431. The van der Waals surface area contributed by atoms with Crippen LogP contribution < -0.4 is 5.32 Å². The number of hydrogen-bond acceptors (Lipinski definition) is 4. The van der Waals surface area contributed by atoms with Gasteiger partial charge in [0, 0.05) is 33.9 Å². The Balaban J connectivity index is 1.94. The molecule has 0 saturated carbocycles. The van der Waals surface area contributed by atoms with E-state index in [1.54, 1.807) is 11.3 Å². The molecule has 2 atom stereocenters. The lowest BCUT2D eigenvalue weighted by Gasteiger charge is -2.26. The van der Waals surface area contributed by atoms with Crippen LogP contribution in [0.3, 0.4) is 0 Å². The molecule has 1 fully saturated rings. The van der Waals surface area contributed by atoms with E-state index in [9.17, 15) is 4.79 Å². The van der Waals surface area contributed by atoms with E-state index < -0.39 is 5.60 Å². The molecule has 2 rings (SSSR count). The van der Waals surface area contributed by atoms with Crippen LogP contribution in [0.15, 0.2) is 15.9 Å². The Hall–Kier alpha value is -0.590. The number of likely N-dealkylation sites (N-methyl/N-ethyl adjacent to an activating group) is 1. The zero-order valence-corrected chi connectivity index (χ0v) is 16.8. The Morgan fingerprint density at radius 1 is 1.57 bits per heavy atom. The van der Waals surface area contributed by atoms with Crippen LogP contribution in [0, 0.1) is 5.92 Å². The van der Waals surface area contributed by atoms with Crippen molar-refractivity contribution >= 4 is 33.4 Å². The van der Waals surface area contributed by atoms with Crippen LogP contribution in [0.4, 0.5) is 4.79 Å². The number of carbonyl (C=O) groups is 1. The van der Waals surface area contributed by atoms with E-state index in [0.717, 1.165) is 36.9 Å². The van der Waals surface area contributed by atoms with Crippen LogP contribution in [0.25, 0.3) is 0 Å². The highest BCUT2D eigenvalue weighted by atomic mass is 79.9. The van der Waals surface area contributed by atoms with Crippen molar-refractivity contribution in [3.8, 4) is 0 Å². The number of likely N-dealkylation sites (tertiary alicyclic amines) is 1. The fraction of sp³-hybridized carbons (Fsp3) is 0.706. The number of halogens is 1. The van der Waals surface area contributed by atoms with Crippen molar-refractivity contribution in [2.45, 2.75) is 52.2 Å². The van der Waals surface area contributed by atoms with Gasteiger partial charge in [-0.2, -0.15) is 0 Å². The average molecular weight is 403 g/mol. The van der Waals surface area contributed by atoms with Gasteiger partial charge in [0.1, 0.15) is 5.60 Å². The molecule has 130 valence electrons. The molecule has 4 nitrogen and oxygen atoms in total. The standard InChI is InChI=1S/C17H27BrN2O2S/c1-5-19-15(9-14-8-13(18)11-23-14)12-6-7-20(10-12)16(21)22-17(2,3)4/h8,11-12,15,19H,5-7,9-10H2,1-4H3. The molecular formula is C17H27BrN2O2S. The Kier molecular flexibility index (Phi) is 6.51. The van der Waals surface area contributed by atoms with E-state index in [4.69, 9.17) is 4.74 Å². The summed E-state index contributed by atoms with van der Waals surface area (Å²) >= 11 is 5.31. The second-order valence-corrected chi connectivity index (χ2v) is 8.99. The molecule has 1 amide bonds. The van der Waals surface area contributed by atoms with Crippen LogP contribution in [0.1, 0.15) is 39.0 Å². The van der Waals surface area contributed by atoms with E-state index in [0.29, 0.717) is 12.0 Å². The van der Waals surface area contributed by atoms with Gasteiger partial charge in [0.2, 0.25) is 0 Å². The minimum absolute atomic E-state index is 0.186. The SMILES string of the molecule is CCNC(Cc1cc(Br)cs1)C1CCN(C(=O)OC(C)(C)C)C1. The van der Waals surface area contributed by atoms with Gasteiger partial charge in [0.15, 0.2) is 0 Å². The molecule has 1 aliphatic rings. The topological polar surface area (TPSA) is 41.6 Å². The summed E-state index contributed by atoms with van der Waals surface area (Å²) in [7, 11) is 0. The molecule has 2 unspecified atom stereocenters. The normalized spacial score (nSPS) is 19.9. The third kappa shape index (κ3) is 5.76. The van der Waals surface area contributed by atoms with Crippen molar-refractivity contribution in [2.75, 3.05) is 19.6 Å². The van der Waals surface area contributed by atoms with Crippen LogP contribution in [-0.2, 0) is 11.2 Å². The van der Waals surface area contributed by atoms with Crippen LogP contribution in [-0.4, -0.2) is 42.3 Å². The third-order valence-electron chi connectivity index (χ3n) is 3.95. The molecule has 23 heavy (non-hydrogen) atoms. The monoisotopic (exact) mass is 402 g/mol. The highest BCUT2D eigenvalue weighted by Crippen LogP contribution is 2.27. The van der Waals surface area contributed by atoms with Crippen molar-refractivity contribution in [1.29, 1.82) is 0 Å². The van der Waals surface area contributed by atoms with E-state index in [-0.39, 0.29) is 6.09 Å². The quantitative estimate of drug-likeness (QED) is 0.798. The lowest BCUT2D eigenvalue weighted by Crippen LogP contribution is -2.41. The average Bonchev–Trinajstić information content (AvgIpc) is 3.05. The maximum absolute atomic E-state index is 12.2. The van der Waals surface area contributed by atoms with Crippen molar-refractivity contribution < 1.29 is 9.53 Å². The molecule has 1 aliphatic heterocycles. The van der Waals surface area contributed by atoms with Gasteiger partial charge >= 0.3 is 6.09 Å². The summed E-state index contributed by atoms with van der Waals surface area (Å²) in [6.45, 7) is 10.4. The number of nitrogens with one attached hydrogen (secondary N) is 1. The summed E-state index contributed by atoms with van der Waals surface area (Å²) in [5.41, 5.74) is -0.431. The van der Waals surface area contributed by atoms with Crippen molar-refractivity contribution in [2.24, 2.45) is 5.92 Å². The summed E-state index contributed by atoms with van der Waals surface area (Å²) in [4.78, 5) is 15.5. The first-order chi connectivity index (χ1) is 10.8. The number of ether oxygens (including phenoxy) is 1. The van der Waals surface area contributed by atoms with E-state index in [2.05, 4.69) is 39.6 Å². The summed E-state index contributed by atoms with van der Waals surface area (Å²) in [5.74, 6) is 0.475. The first-order valence-corrected chi connectivity index (χ1v) is 9.90. The van der Waals surface area contributed by atoms with Crippen LogP contribution >= 0.6 is 27.3 Å². The highest BCUT2D eigenvalue weighted by Gasteiger charge is 2.33. The molecule has 0 aromatic carbocycles. The third-order valence-corrected chi connectivity index (χ3v) is 5.67. The van der Waals surface area contributed by atoms with Crippen molar-refractivity contribution in [1.82, 2.24) is 10.2 Å². The second kappa shape index (κ2) is 7.99. The summed E-state index contributed by atoms with van der Waals surface area (Å²) in [5, 5.41) is 5.73. The Bertz CT molecular complexity index is 527. The molecule has 1 aromatic heterocycles. The van der Waals surface area contributed by atoms with Gasteiger partial charge in [-0.05, 0) is 68.1 Å². The van der Waals surface area contributed by atoms with E-state index in [1.165, 1.54) is 4.88 Å². The Morgan fingerprint density at radius 3 is 2.87 bits per heavy atom. The van der Waals surface area contributed by atoms with E-state index >= 15 is 0 Å². The molecule has 6 heteroatoms. The van der Waals surface area contributed by atoms with Gasteiger partial charge in [0.25, 0.3) is 0 Å². The largest absolute Gasteiger partial charge is 0.444 e. The second-order valence-electron chi connectivity index (χ2n) is 7.07. The van der Waals surface area contributed by atoms with Crippen LogP contribution in [0.2, 0.25) is 0 Å². The van der Waals surface area contributed by atoms with Crippen molar-refractivity contribution in [3.63, 3.8) is 0 Å². The number of thiophene rings is 1. The van der Waals surface area contributed by atoms with Gasteiger partial charge in [0.05, 0.1) is 0 Å². The molecule has 0 radical (unpaired) electrons. The Morgan fingerprint density at radius 2 is 2.30 bits per heavy atom. The highest BCUT2D eigenvalue weighted by molar-refractivity contribution is 9.10. The number of nitrogens with zero attached hydrogens (tertiary/aromatic N) is 1. The predicted molar refractivity (Wildman–Crippen MR) is 99.1 cm³/mol. The van der Waals surface area contributed by atoms with Crippen molar-refractivity contribution in [3.05, 3.63) is 20.8 Å². The summed E-state index contributed by atoms with van der Waals surface area (Å²) in [6.07, 6.45) is 1.86. The number of hydrogen-bond donors (Lipinski definition) is 1. The number of amides is 1. The molecule has 0 spiro atoms.